The van der Waals surface area contributed by atoms with Crippen LogP contribution in [0, 0.1) is 12.8 Å². The highest BCUT2D eigenvalue weighted by atomic mass is 19.4. The molecule has 1 aliphatic carbocycles. The van der Waals surface area contributed by atoms with Gasteiger partial charge in [-0.3, -0.25) is 14.5 Å². The van der Waals surface area contributed by atoms with Crippen molar-refractivity contribution in [2.75, 3.05) is 38.0 Å². The van der Waals surface area contributed by atoms with Gasteiger partial charge in [0.25, 0.3) is 0 Å². The van der Waals surface area contributed by atoms with E-state index in [1.54, 1.807) is 6.20 Å². The molecule has 4 aromatic rings. The number of fused-ring (bicyclic) bond motifs is 1. The number of hydrogen-bond acceptors (Lipinski definition) is 6. The summed E-state index contributed by atoms with van der Waals surface area (Å²) in [7, 11) is 0. The summed E-state index contributed by atoms with van der Waals surface area (Å²) >= 11 is 0. The van der Waals surface area contributed by atoms with Crippen molar-refractivity contribution in [2.45, 2.75) is 45.5 Å². The van der Waals surface area contributed by atoms with Crippen molar-refractivity contribution < 1.29 is 13.2 Å². The van der Waals surface area contributed by atoms with E-state index in [0.29, 0.717) is 37.9 Å². The number of aryl methyl sites for hydroxylation is 1. The Morgan fingerprint density at radius 3 is 2.64 bits per heavy atom. The number of anilines is 2. The predicted octanol–water partition coefficient (Wildman–Crippen LogP) is 5.52. The molecule has 2 fully saturated rings. The number of aromatic amines is 1. The van der Waals surface area contributed by atoms with Crippen LogP contribution in [0.25, 0.3) is 22.2 Å². The van der Waals surface area contributed by atoms with E-state index in [0.717, 1.165) is 45.7 Å². The fourth-order valence-corrected chi connectivity index (χ4v) is 5.36. The maximum atomic E-state index is 12.7. The molecule has 1 saturated heterocycles. The molecule has 6 rings (SSSR count). The summed E-state index contributed by atoms with van der Waals surface area (Å²) in [5, 5.41) is 7.83. The third kappa shape index (κ3) is 6.09. The van der Waals surface area contributed by atoms with E-state index in [1.165, 1.54) is 17.7 Å². The zero-order chi connectivity index (χ0) is 27.1. The minimum Gasteiger partial charge on any atom is -0.324 e. The normalized spacial score (nSPS) is 18.1. The Labute approximate surface area is 225 Å². The lowest BCUT2D eigenvalue weighted by molar-refractivity contribution is -0.149. The summed E-state index contributed by atoms with van der Waals surface area (Å²) in [6.07, 6.45) is 4.22. The summed E-state index contributed by atoms with van der Waals surface area (Å²) < 4.78 is 40.2. The fraction of sp³-hybridized carbons (Fsp3) is 0.464. The van der Waals surface area contributed by atoms with Crippen LogP contribution in [0.3, 0.4) is 0 Å². The molecule has 0 spiro atoms. The topological polar surface area (TPSA) is 77.9 Å². The number of aromatic nitrogens is 5. The van der Waals surface area contributed by atoms with Crippen LogP contribution in [0.5, 0.6) is 0 Å². The third-order valence-corrected chi connectivity index (χ3v) is 7.76. The van der Waals surface area contributed by atoms with Gasteiger partial charge in [-0.05, 0) is 73.6 Å². The van der Waals surface area contributed by atoms with Gasteiger partial charge in [0.05, 0.1) is 23.8 Å². The SMILES string of the molecule is Cc1cc(-c2cnn(CC3CC3)c2)cc2[nH]c(Nc3cc(C(C)N4CCN(CC(F)(F)F)CC4)ccn3)nc12. The van der Waals surface area contributed by atoms with Crippen LogP contribution in [0.15, 0.2) is 42.9 Å². The van der Waals surface area contributed by atoms with Crippen LogP contribution in [-0.2, 0) is 6.54 Å². The zero-order valence-electron chi connectivity index (χ0n) is 22.2. The average Bonchev–Trinajstić information content (AvgIpc) is 3.41. The standard InChI is InChI=1S/C28H33F3N8/c1-18-11-22(23-14-33-39(16-23)15-20-3-4-20)12-24-26(18)36-27(34-24)35-25-13-21(5-6-32-25)19(2)38-9-7-37(8-10-38)17-28(29,30)31/h5-6,11-14,16,19-20H,3-4,7-10,15,17H2,1-2H3,(H2,32,34,35,36). The molecule has 2 aliphatic rings. The Hall–Kier alpha value is -3.44. The number of nitrogens with one attached hydrogen (secondary N) is 2. The predicted molar refractivity (Wildman–Crippen MR) is 145 cm³/mol. The first-order valence-electron chi connectivity index (χ1n) is 13.5. The quantitative estimate of drug-likeness (QED) is 0.308. The van der Waals surface area contributed by atoms with Gasteiger partial charge in [-0.15, -0.1) is 0 Å². The van der Waals surface area contributed by atoms with Crippen LogP contribution in [0.4, 0.5) is 24.9 Å². The van der Waals surface area contributed by atoms with Crippen LogP contribution >= 0.6 is 0 Å². The average molecular weight is 539 g/mol. The number of nitrogens with zero attached hydrogens (tertiary/aromatic N) is 6. The molecule has 11 heteroatoms. The molecule has 0 bridgehead atoms. The lowest BCUT2D eigenvalue weighted by Gasteiger charge is -2.38. The van der Waals surface area contributed by atoms with Crippen LogP contribution < -0.4 is 5.32 Å². The maximum Gasteiger partial charge on any atom is 0.401 e. The Morgan fingerprint density at radius 1 is 1.10 bits per heavy atom. The smallest absolute Gasteiger partial charge is 0.324 e. The first kappa shape index (κ1) is 25.8. The molecule has 4 heterocycles. The lowest BCUT2D eigenvalue weighted by Crippen LogP contribution is -2.49. The maximum absolute atomic E-state index is 12.7. The van der Waals surface area contributed by atoms with Crippen molar-refractivity contribution in [3.8, 4) is 11.1 Å². The summed E-state index contributed by atoms with van der Waals surface area (Å²) in [6.45, 7) is 6.26. The number of alkyl halides is 3. The van der Waals surface area contributed by atoms with E-state index in [2.05, 4.69) is 57.5 Å². The number of imidazole rings is 1. The van der Waals surface area contributed by atoms with E-state index in [9.17, 15) is 13.2 Å². The van der Waals surface area contributed by atoms with Crippen LogP contribution in [0.2, 0.25) is 0 Å². The van der Waals surface area contributed by atoms with E-state index in [4.69, 9.17) is 4.98 Å². The van der Waals surface area contributed by atoms with E-state index < -0.39 is 12.7 Å². The van der Waals surface area contributed by atoms with Crippen molar-refractivity contribution in [3.05, 3.63) is 54.0 Å². The van der Waals surface area contributed by atoms with E-state index in [-0.39, 0.29) is 6.04 Å². The molecule has 1 saturated carbocycles. The highest BCUT2D eigenvalue weighted by molar-refractivity contribution is 5.86. The highest BCUT2D eigenvalue weighted by Crippen LogP contribution is 2.32. The molecular weight excluding hydrogens is 505 g/mol. The Bertz CT molecular complexity index is 1450. The van der Waals surface area contributed by atoms with E-state index in [1.807, 2.05) is 23.0 Å². The molecule has 1 aromatic carbocycles. The number of H-pyrrole nitrogens is 1. The number of piperazine rings is 1. The second-order valence-corrected chi connectivity index (χ2v) is 10.9. The van der Waals surface area contributed by atoms with Crippen LogP contribution in [-0.4, -0.2) is 73.4 Å². The molecule has 1 atom stereocenters. The number of hydrogen-bond donors (Lipinski definition) is 2. The van der Waals surface area contributed by atoms with Crippen molar-refractivity contribution in [1.82, 2.24) is 34.5 Å². The minimum atomic E-state index is -4.16. The molecule has 3 aromatic heterocycles. The molecule has 1 aliphatic heterocycles. The molecule has 206 valence electrons. The van der Waals surface area contributed by atoms with Gasteiger partial charge in [0.1, 0.15) is 5.82 Å². The van der Waals surface area contributed by atoms with Crippen molar-refractivity contribution in [2.24, 2.45) is 5.92 Å². The van der Waals surface area contributed by atoms with Gasteiger partial charge in [-0.1, -0.05) is 0 Å². The minimum absolute atomic E-state index is 0.0582. The number of benzene rings is 1. The molecule has 1 unspecified atom stereocenters. The monoisotopic (exact) mass is 538 g/mol. The number of rotatable bonds is 8. The summed E-state index contributed by atoms with van der Waals surface area (Å²) in [5.74, 6) is 2.04. The molecule has 0 radical (unpaired) electrons. The molecule has 39 heavy (non-hydrogen) atoms. The van der Waals surface area contributed by atoms with Crippen molar-refractivity contribution in [3.63, 3.8) is 0 Å². The first-order chi connectivity index (χ1) is 18.7. The van der Waals surface area contributed by atoms with Crippen molar-refractivity contribution >= 4 is 22.8 Å². The van der Waals surface area contributed by atoms with Gasteiger partial charge >= 0.3 is 6.18 Å². The summed E-state index contributed by atoms with van der Waals surface area (Å²) in [4.78, 5) is 16.3. The Morgan fingerprint density at radius 2 is 1.90 bits per heavy atom. The fourth-order valence-electron chi connectivity index (χ4n) is 5.36. The summed E-state index contributed by atoms with van der Waals surface area (Å²) in [5.41, 5.74) is 6.14. The Kier molecular flexibility index (Phi) is 6.80. The zero-order valence-corrected chi connectivity index (χ0v) is 22.2. The van der Waals surface area contributed by atoms with Gasteiger partial charge < -0.3 is 10.3 Å². The van der Waals surface area contributed by atoms with Gasteiger partial charge in [0, 0.05) is 56.7 Å². The second kappa shape index (κ2) is 10.3. The van der Waals surface area contributed by atoms with Gasteiger partial charge in [0.15, 0.2) is 0 Å². The van der Waals surface area contributed by atoms with Gasteiger partial charge in [0.2, 0.25) is 5.95 Å². The molecule has 2 N–H and O–H groups in total. The van der Waals surface area contributed by atoms with E-state index >= 15 is 0 Å². The Balaban J connectivity index is 1.14. The van der Waals surface area contributed by atoms with Crippen molar-refractivity contribution in [1.29, 1.82) is 0 Å². The highest BCUT2D eigenvalue weighted by Gasteiger charge is 2.33. The number of pyridine rings is 1. The largest absolute Gasteiger partial charge is 0.401 e. The van der Waals surface area contributed by atoms with Crippen LogP contribution in [0.1, 0.15) is 36.9 Å². The molecule has 8 nitrogen and oxygen atoms in total. The lowest BCUT2D eigenvalue weighted by atomic mass is 10.1. The second-order valence-electron chi connectivity index (χ2n) is 10.9. The van der Waals surface area contributed by atoms with Gasteiger partial charge in [-0.2, -0.15) is 18.3 Å². The molecular formula is C28H33F3N8. The number of halogens is 3. The first-order valence-corrected chi connectivity index (χ1v) is 13.5. The molecule has 0 amide bonds. The third-order valence-electron chi connectivity index (χ3n) is 7.76. The van der Waals surface area contributed by atoms with Gasteiger partial charge in [-0.25, -0.2) is 9.97 Å². The summed E-state index contributed by atoms with van der Waals surface area (Å²) in [6, 6.07) is 8.23.